The SMILES string of the molecule is Cc1cc(Cc2cccnc2)sc1-c1ccc(NC(=O)c2c(F)cccc2F)cc1. The highest BCUT2D eigenvalue weighted by atomic mass is 32.1. The van der Waals surface area contributed by atoms with Gasteiger partial charge in [0, 0.05) is 34.3 Å². The number of rotatable bonds is 5. The summed E-state index contributed by atoms with van der Waals surface area (Å²) in [6.07, 6.45) is 4.45. The quantitative estimate of drug-likeness (QED) is 0.415. The Kier molecular flexibility index (Phi) is 5.68. The van der Waals surface area contributed by atoms with Gasteiger partial charge in [0.1, 0.15) is 17.2 Å². The van der Waals surface area contributed by atoms with Crippen molar-refractivity contribution in [3.05, 3.63) is 106 Å². The standard InChI is InChI=1S/C24H18F2N2OS/c1-15-12-19(13-16-4-3-11-27-14-16)30-23(15)17-7-9-18(10-8-17)28-24(29)22-20(25)5-2-6-21(22)26/h2-12,14H,13H2,1H3,(H,28,29). The Labute approximate surface area is 177 Å². The largest absolute Gasteiger partial charge is 0.322 e. The number of nitrogens with one attached hydrogen (secondary N) is 1. The van der Waals surface area contributed by atoms with Crippen LogP contribution < -0.4 is 5.32 Å². The molecule has 2 heterocycles. The Bertz CT molecular complexity index is 1170. The lowest BCUT2D eigenvalue weighted by Gasteiger charge is -2.08. The van der Waals surface area contributed by atoms with Crippen molar-refractivity contribution in [2.24, 2.45) is 0 Å². The van der Waals surface area contributed by atoms with Gasteiger partial charge < -0.3 is 5.32 Å². The number of hydrogen-bond donors (Lipinski definition) is 1. The second kappa shape index (κ2) is 8.55. The van der Waals surface area contributed by atoms with Gasteiger partial charge >= 0.3 is 0 Å². The maximum absolute atomic E-state index is 13.8. The fraction of sp³-hybridized carbons (Fsp3) is 0.0833. The van der Waals surface area contributed by atoms with Crippen molar-refractivity contribution < 1.29 is 13.6 Å². The molecule has 4 rings (SSSR count). The summed E-state index contributed by atoms with van der Waals surface area (Å²) in [6, 6.07) is 16.7. The van der Waals surface area contributed by atoms with Crippen molar-refractivity contribution in [3.63, 3.8) is 0 Å². The van der Waals surface area contributed by atoms with Gasteiger partial charge in [0.2, 0.25) is 0 Å². The van der Waals surface area contributed by atoms with Gasteiger partial charge in [-0.25, -0.2) is 8.78 Å². The van der Waals surface area contributed by atoms with Crippen molar-refractivity contribution in [3.8, 4) is 10.4 Å². The summed E-state index contributed by atoms with van der Waals surface area (Å²) in [5, 5.41) is 2.55. The summed E-state index contributed by atoms with van der Waals surface area (Å²) in [6.45, 7) is 2.06. The lowest BCUT2D eigenvalue weighted by atomic mass is 10.1. The topological polar surface area (TPSA) is 42.0 Å². The van der Waals surface area contributed by atoms with Crippen LogP contribution in [0.4, 0.5) is 14.5 Å². The van der Waals surface area contributed by atoms with E-state index in [9.17, 15) is 13.6 Å². The lowest BCUT2D eigenvalue weighted by Crippen LogP contribution is -2.15. The zero-order chi connectivity index (χ0) is 21.1. The van der Waals surface area contributed by atoms with E-state index in [-0.39, 0.29) is 0 Å². The lowest BCUT2D eigenvalue weighted by molar-refractivity contribution is 0.101. The van der Waals surface area contributed by atoms with Crippen LogP contribution >= 0.6 is 11.3 Å². The molecule has 1 amide bonds. The zero-order valence-corrected chi connectivity index (χ0v) is 17.0. The molecule has 1 N–H and O–H groups in total. The van der Waals surface area contributed by atoms with Crippen molar-refractivity contribution in [1.29, 1.82) is 0 Å². The normalized spacial score (nSPS) is 10.8. The maximum Gasteiger partial charge on any atom is 0.261 e. The predicted molar refractivity (Wildman–Crippen MR) is 116 cm³/mol. The Morgan fingerprint density at radius 3 is 2.43 bits per heavy atom. The molecular weight excluding hydrogens is 402 g/mol. The average molecular weight is 420 g/mol. The van der Waals surface area contributed by atoms with Gasteiger partial charge in [-0.2, -0.15) is 0 Å². The third-order valence-electron chi connectivity index (χ3n) is 4.66. The molecule has 0 saturated heterocycles. The van der Waals surface area contributed by atoms with E-state index in [4.69, 9.17) is 0 Å². The summed E-state index contributed by atoms with van der Waals surface area (Å²) in [5.74, 6) is -2.59. The molecule has 30 heavy (non-hydrogen) atoms. The Morgan fingerprint density at radius 1 is 1.03 bits per heavy atom. The molecule has 0 unspecified atom stereocenters. The number of thiophene rings is 1. The second-order valence-electron chi connectivity index (χ2n) is 6.89. The van der Waals surface area contributed by atoms with Crippen LogP contribution in [0.1, 0.15) is 26.4 Å². The monoisotopic (exact) mass is 420 g/mol. The van der Waals surface area contributed by atoms with Gasteiger partial charge in [0.15, 0.2) is 0 Å². The van der Waals surface area contributed by atoms with Crippen molar-refractivity contribution >= 4 is 22.9 Å². The number of aromatic nitrogens is 1. The smallest absolute Gasteiger partial charge is 0.261 e. The van der Waals surface area contributed by atoms with E-state index in [1.807, 2.05) is 24.4 Å². The molecule has 0 saturated carbocycles. The number of carbonyl (C=O) groups is 1. The number of pyridine rings is 1. The first-order valence-electron chi connectivity index (χ1n) is 9.35. The van der Waals surface area contributed by atoms with Gasteiger partial charge in [-0.1, -0.05) is 24.3 Å². The average Bonchev–Trinajstić information content (AvgIpc) is 3.09. The van der Waals surface area contributed by atoms with Crippen LogP contribution in [-0.4, -0.2) is 10.9 Å². The van der Waals surface area contributed by atoms with E-state index in [2.05, 4.69) is 29.4 Å². The molecule has 0 aliphatic rings. The Hall–Kier alpha value is -3.38. The molecule has 2 aromatic heterocycles. The fourth-order valence-corrected chi connectivity index (χ4v) is 4.45. The number of amides is 1. The number of halogens is 2. The van der Waals surface area contributed by atoms with Crippen molar-refractivity contribution in [2.75, 3.05) is 5.32 Å². The first-order valence-corrected chi connectivity index (χ1v) is 10.2. The number of hydrogen-bond acceptors (Lipinski definition) is 3. The van der Waals surface area contributed by atoms with Crippen LogP contribution in [-0.2, 0) is 6.42 Å². The van der Waals surface area contributed by atoms with Crippen LogP contribution in [0.25, 0.3) is 10.4 Å². The van der Waals surface area contributed by atoms with Crippen LogP contribution in [0.3, 0.4) is 0 Å². The third kappa shape index (κ3) is 4.28. The minimum Gasteiger partial charge on any atom is -0.322 e. The zero-order valence-electron chi connectivity index (χ0n) is 16.2. The van der Waals surface area contributed by atoms with E-state index in [1.165, 1.54) is 16.5 Å². The minimum atomic E-state index is -0.889. The summed E-state index contributed by atoms with van der Waals surface area (Å²) < 4.78 is 27.6. The molecule has 0 atom stereocenters. The number of benzene rings is 2. The molecule has 4 aromatic rings. The van der Waals surface area contributed by atoms with Crippen LogP contribution in [0.15, 0.2) is 73.1 Å². The molecule has 0 aliphatic heterocycles. The maximum atomic E-state index is 13.8. The molecule has 150 valence electrons. The predicted octanol–water partition coefficient (Wildman–Crippen LogP) is 6.24. The minimum absolute atomic E-state index is 0.469. The summed E-state index contributed by atoms with van der Waals surface area (Å²) in [5.41, 5.74) is 3.23. The molecule has 0 bridgehead atoms. The third-order valence-corrected chi connectivity index (χ3v) is 5.95. The highest BCUT2D eigenvalue weighted by Crippen LogP contribution is 2.34. The van der Waals surface area contributed by atoms with Crippen LogP contribution in [0.5, 0.6) is 0 Å². The van der Waals surface area contributed by atoms with Crippen LogP contribution in [0.2, 0.25) is 0 Å². The molecule has 0 aliphatic carbocycles. The molecule has 2 aromatic carbocycles. The van der Waals surface area contributed by atoms with E-state index in [0.717, 1.165) is 34.6 Å². The summed E-state index contributed by atoms with van der Waals surface area (Å²) in [7, 11) is 0. The van der Waals surface area contributed by atoms with Gasteiger partial charge in [-0.05, 0) is 60.0 Å². The fourth-order valence-electron chi connectivity index (χ4n) is 3.24. The first kappa shape index (κ1) is 19.9. The highest BCUT2D eigenvalue weighted by Gasteiger charge is 2.17. The first-order chi connectivity index (χ1) is 14.5. The molecular formula is C24H18F2N2OS. The highest BCUT2D eigenvalue weighted by molar-refractivity contribution is 7.15. The van der Waals surface area contributed by atoms with Gasteiger partial charge in [0.05, 0.1) is 0 Å². The summed E-state index contributed by atoms with van der Waals surface area (Å²) >= 11 is 1.71. The summed E-state index contributed by atoms with van der Waals surface area (Å²) in [4.78, 5) is 18.8. The molecule has 0 radical (unpaired) electrons. The van der Waals surface area contributed by atoms with E-state index >= 15 is 0 Å². The molecule has 0 fully saturated rings. The van der Waals surface area contributed by atoms with E-state index < -0.39 is 23.1 Å². The number of anilines is 1. The number of carbonyl (C=O) groups excluding carboxylic acids is 1. The number of aryl methyl sites for hydroxylation is 1. The van der Waals surface area contributed by atoms with Gasteiger partial charge in [-0.3, -0.25) is 9.78 Å². The van der Waals surface area contributed by atoms with E-state index in [1.54, 1.807) is 29.7 Å². The number of nitrogens with zero attached hydrogens (tertiary/aromatic N) is 1. The van der Waals surface area contributed by atoms with E-state index in [0.29, 0.717) is 5.69 Å². The van der Waals surface area contributed by atoms with Crippen molar-refractivity contribution in [1.82, 2.24) is 4.98 Å². The molecule has 0 spiro atoms. The Morgan fingerprint density at radius 2 is 1.77 bits per heavy atom. The van der Waals surface area contributed by atoms with Crippen LogP contribution in [0, 0.1) is 18.6 Å². The molecule has 3 nitrogen and oxygen atoms in total. The molecule has 6 heteroatoms. The Balaban J connectivity index is 1.51. The van der Waals surface area contributed by atoms with Crippen molar-refractivity contribution in [2.45, 2.75) is 13.3 Å². The van der Waals surface area contributed by atoms with Gasteiger partial charge in [0.25, 0.3) is 5.91 Å². The second-order valence-corrected chi connectivity index (χ2v) is 8.03. The van der Waals surface area contributed by atoms with Gasteiger partial charge in [-0.15, -0.1) is 11.3 Å².